The first kappa shape index (κ1) is 20.4. The molecule has 0 unspecified atom stereocenters. The fourth-order valence-electron chi connectivity index (χ4n) is 3.38. The van der Waals surface area contributed by atoms with Crippen LogP contribution in [0, 0.1) is 5.92 Å². The number of aromatic amines is 1. The highest BCUT2D eigenvalue weighted by Gasteiger charge is 2.25. The summed E-state index contributed by atoms with van der Waals surface area (Å²) in [5, 5.41) is 18.6. The Morgan fingerprint density at radius 2 is 1.97 bits per heavy atom. The molecule has 158 valence electrons. The number of aromatic hydroxyl groups is 1. The monoisotopic (exact) mass is 428 g/mol. The van der Waals surface area contributed by atoms with E-state index in [1.807, 2.05) is 0 Å². The van der Waals surface area contributed by atoms with Crippen LogP contribution in [0.1, 0.15) is 34.5 Å². The van der Waals surface area contributed by atoms with Crippen molar-refractivity contribution in [3.05, 3.63) is 53.2 Å². The molecule has 9 heteroatoms. The molecule has 1 aliphatic rings. The van der Waals surface area contributed by atoms with E-state index in [4.69, 9.17) is 0 Å². The number of nitrogens with zero attached hydrogens (tertiary/aromatic N) is 2. The van der Waals surface area contributed by atoms with Crippen molar-refractivity contribution in [3.63, 3.8) is 0 Å². The number of carbonyl (C=O) groups is 1. The zero-order valence-corrected chi connectivity index (χ0v) is 17.7. The van der Waals surface area contributed by atoms with Gasteiger partial charge >= 0.3 is 0 Å². The summed E-state index contributed by atoms with van der Waals surface area (Å²) in [7, 11) is -1.64. The Kier molecular flexibility index (Phi) is 5.25. The lowest BCUT2D eigenvalue weighted by Crippen LogP contribution is -2.26. The predicted molar refractivity (Wildman–Crippen MR) is 115 cm³/mol. The van der Waals surface area contributed by atoms with E-state index in [0.717, 1.165) is 29.3 Å². The highest BCUT2D eigenvalue weighted by molar-refractivity contribution is 7.88. The predicted octanol–water partition coefficient (Wildman–Crippen LogP) is 2.55. The summed E-state index contributed by atoms with van der Waals surface area (Å²) < 4.78 is 24.9. The van der Waals surface area contributed by atoms with Gasteiger partial charge in [-0.2, -0.15) is 5.10 Å². The summed E-state index contributed by atoms with van der Waals surface area (Å²) in [6.45, 7) is 0.179. The standard InChI is InChI=1S/C21H24N4O4S/c1-25(15-7-5-14(6-8-15)12-22-30(2,28)29)21(27)17-10-16-18(9-13-3-4-13)23-24-19(16)11-20(17)26/h5-8,10-11,13,22,26H,3-4,9,12H2,1-2H3,(H,23,24). The van der Waals surface area contributed by atoms with Crippen LogP contribution in [0.25, 0.3) is 10.9 Å². The number of amides is 1. The summed E-state index contributed by atoms with van der Waals surface area (Å²) in [5.41, 5.74) is 3.26. The number of H-pyrrole nitrogens is 1. The fourth-order valence-corrected chi connectivity index (χ4v) is 3.81. The highest BCUT2D eigenvalue weighted by Crippen LogP contribution is 2.35. The van der Waals surface area contributed by atoms with Crippen molar-refractivity contribution in [2.45, 2.75) is 25.8 Å². The number of carbonyl (C=O) groups excluding carboxylic acids is 1. The molecule has 0 aliphatic heterocycles. The van der Waals surface area contributed by atoms with Crippen LogP contribution < -0.4 is 9.62 Å². The van der Waals surface area contributed by atoms with Gasteiger partial charge < -0.3 is 10.0 Å². The molecule has 1 fully saturated rings. The molecular formula is C21H24N4O4S. The Morgan fingerprint density at radius 3 is 2.60 bits per heavy atom. The Labute approximate surface area is 175 Å². The van der Waals surface area contributed by atoms with Crippen LogP contribution in [0.2, 0.25) is 0 Å². The van der Waals surface area contributed by atoms with E-state index in [1.165, 1.54) is 17.7 Å². The molecule has 1 aliphatic carbocycles. The van der Waals surface area contributed by atoms with Gasteiger partial charge in [0.2, 0.25) is 10.0 Å². The fraction of sp³-hybridized carbons (Fsp3) is 0.333. The molecule has 0 saturated heterocycles. The lowest BCUT2D eigenvalue weighted by Gasteiger charge is -2.18. The number of phenolic OH excluding ortho intramolecular Hbond substituents is 1. The minimum Gasteiger partial charge on any atom is -0.507 e. The highest BCUT2D eigenvalue weighted by atomic mass is 32.2. The molecule has 3 N–H and O–H groups in total. The molecule has 2 aromatic carbocycles. The van der Waals surface area contributed by atoms with E-state index in [2.05, 4.69) is 14.9 Å². The second-order valence-electron chi connectivity index (χ2n) is 7.86. The Bertz CT molecular complexity index is 1200. The normalized spacial score (nSPS) is 14.2. The number of sulfonamides is 1. The third kappa shape index (κ3) is 4.47. The quantitative estimate of drug-likeness (QED) is 0.535. The van der Waals surface area contributed by atoms with Gasteiger partial charge in [0.1, 0.15) is 5.75 Å². The SMILES string of the molecule is CN(C(=O)c1cc2c(CC3CC3)n[nH]c2cc1O)c1ccc(CNS(C)(=O)=O)cc1. The molecule has 0 atom stereocenters. The third-order valence-electron chi connectivity index (χ3n) is 5.33. The largest absolute Gasteiger partial charge is 0.507 e. The van der Waals surface area contributed by atoms with Gasteiger partial charge in [-0.25, -0.2) is 13.1 Å². The Balaban J connectivity index is 1.55. The van der Waals surface area contributed by atoms with Crippen LogP contribution in [0.4, 0.5) is 5.69 Å². The van der Waals surface area contributed by atoms with Crippen molar-refractivity contribution >= 4 is 32.5 Å². The number of anilines is 1. The van der Waals surface area contributed by atoms with E-state index in [1.54, 1.807) is 43.4 Å². The second kappa shape index (κ2) is 7.73. The second-order valence-corrected chi connectivity index (χ2v) is 9.69. The molecule has 1 heterocycles. The number of hydrogen-bond donors (Lipinski definition) is 3. The number of fused-ring (bicyclic) bond motifs is 1. The molecule has 4 rings (SSSR count). The van der Waals surface area contributed by atoms with Crippen molar-refractivity contribution in [3.8, 4) is 5.75 Å². The maximum Gasteiger partial charge on any atom is 0.261 e. The smallest absolute Gasteiger partial charge is 0.261 e. The lowest BCUT2D eigenvalue weighted by molar-refractivity contribution is 0.0990. The van der Waals surface area contributed by atoms with Gasteiger partial charge in [0.15, 0.2) is 0 Å². The van der Waals surface area contributed by atoms with E-state index in [0.29, 0.717) is 17.1 Å². The maximum absolute atomic E-state index is 13.1. The van der Waals surface area contributed by atoms with Crippen LogP contribution in [-0.2, 0) is 23.0 Å². The molecule has 8 nitrogen and oxygen atoms in total. The number of hydrogen-bond acceptors (Lipinski definition) is 5. The van der Waals surface area contributed by atoms with Gasteiger partial charge in [-0.05, 0) is 48.9 Å². The van der Waals surface area contributed by atoms with Crippen LogP contribution in [0.3, 0.4) is 0 Å². The van der Waals surface area contributed by atoms with E-state index in [-0.39, 0.29) is 23.8 Å². The van der Waals surface area contributed by atoms with Gasteiger partial charge in [-0.15, -0.1) is 0 Å². The number of benzene rings is 2. The van der Waals surface area contributed by atoms with Crippen molar-refractivity contribution < 1.29 is 18.3 Å². The summed E-state index contributed by atoms with van der Waals surface area (Å²) in [6, 6.07) is 10.2. The van der Waals surface area contributed by atoms with Gasteiger partial charge in [0.25, 0.3) is 5.91 Å². The Morgan fingerprint density at radius 1 is 1.27 bits per heavy atom. The molecular weight excluding hydrogens is 404 g/mol. The summed E-state index contributed by atoms with van der Waals surface area (Å²) in [5.74, 6) is 0.216. The number of rotatable bonds is 7. The average molecular weight is 429 g/mol. The minimum atomic E-state index is -3.27. The number of aromatic nitrogens is 2. The molecule has 1 aromatic heterocycles. The minimum absolute atomic E-state index is 0.102. The van der Waals surface area contributed by atoms with Gasteiger partial charge in [-0.3, -0.25) is 9.89 Å². The molecule has 0 spiro atoms. The molecule has 0 bridgehead atoms. The van der Waals surface area contributed by atoms with Crippen molar-refractivity contribution in [1.82, 2.24) is 14.9 Å². The van der Waals surface area contributed by atoms with Gasteiger partial charge in [0, 0.05) is 30.7 Å². The first-order valence-electron chi connectivity index (χ1n) is 9.73. The third-order valence-corrected chi connectivity index (χ3v) is 6.00. The lowest BCUT2D eigenvalue weighted by atomic mass is 10.1. The first-order valence-corrected chi connectivity index (χ1v) is 11.6. The average Bonchev–Trinajstić information content (AvgIpc) is 3.44. The van der Waals surface area contributed by atoms with Crippen LogP contribution >= 0.6 is 0 Å². The van der Waals surface area contributed by atoms with Crippen LogP contribution in [0.15, 0.2) is 36.4 Å². The van der Waals surface area contributed by atoms with E-state index in [9.17, 15) is 18.3 Å². The van der Waals surface area contributed by atoms with Gasteiger partial charge in [0.05, 0.1) is 23.0 Å². The molecule has 30 heavy (non-hydrogen) atoms. The topological polar surface area (TPSA) is 115 Å². The summed E-state index contributed by atoms with van der Waals surface area (Å²) >= 11 is 0. The first-order chi connectivity index (χ1) is 14.2. The Hall–Kier alpha value is -2.91. The van der Waals surface area contributed by atoms with Gasteiger partial charge in [-0.1, -0.05) is 12.1 Å². The number of nitrogens with one attached hydrogen (secondary N) is 2. The number of phenols is 1. The summed E-state index contributed by atoms with van der Waals surface area (Å²) in [6.07, 6.45) is 4.39. The molecule has 1 amide bonds. The zero-order chi connectivity index (χ0) is 21.5. The zero-order valence-electron chi connectivity index (χ0n) is 16.8. The maximum atomic E-state index is 13.1. The molecule has 0 radical (unpaired) electrons. The van der Waals surface area contributed by atoms with Crippen LogP contribution in [-0.4, -0.2) is 42.9 Å². The van der Waals surface area contributed by atoms with Crippen LogP contribution in [0.5, 0.6) is 5.75 Å². The molecule has 3 aromatic rings. The van der Waals surface area contributed by atoms with Crippen molar-refractivity contribution in [2.75, 3.05) is 18.2 Å². The van der Waals surface area contributed by atoms with Crippen molar-refractivity contribution in [2.24, 2.45) is 5.92 Å². The summed E-state index contributed by atoms with van der Waals surface area (Å²) in [4.78, 5) is 14.5. The van der Waals surface area contributed by atoms with E-state index >= 15 is 0 Å². The van der Waals surface area contributed by atoms with E-state index < -0.39 is 10.0 Å². The molecule has 1 saturated carbocycles. The van der Waals surface area contributed by atoms with Crippen molar-refractivity contribution in [1.29, 1.82) is 0 Å².